The van der Waals surface area contributed by atoms with Crippen molar-refractivity contribution >= 4 is 0 Å². The van der Waals surface area contributed by atoms with Crippen LogP contribution in [0.25, 0.3) is 0 Å². The first kappa shape index (κ1) is 9.88. The summed E-state index contributed by atoms with van der Waals surface area (Å²) in [5.41, 5.74) is 0. The van der Waals surface area contributed by atoms with Crippen LogP contribution in [0, 0.1) is 0 Å². The Kier molecular flexibility index (Phi) is 3.03. The Balaban J connectivity index is 2.63. The molecular formula is C7H14O5. The second kappa shape index (κ2) is 3.68. The van der Waals surface area contributed by atoms with Gasteiger partial charge >= 0.3 is 0 Å². The van der Waals surface area contributed by atoms with E-state index in [9.17, 15) is 15.3 Å². The molecule has 0 radical (unpaired) electrons. The highest BCUT2D eigenvalue weighted by molar-refractivity contribution is 4.89. The minimum Gasteiger partial charge on any atom is -0.394 e. The highest BCUT2D eigenvalue weighted by atomic mass is 16.5. The van der Waals surface area contributed by atoms with Crippen molar-refractivity contribution in [2.24, 2.45) is 0 Å². The molecule has 5 atom stereocenters. The van der Waals surface area contributed by atoms with Gasteiger partial charge in [0.2, 0.25) is 0 Å². The summed E-state index contributed by atoms with van der Waals surface area (Å²) >= 11 is 0. The molecule has 0 aliphatic carbocycles. The fourth-order valence-electron chi connectivity index (χ4n) is 1.29. The summed E-state index contributed by atoms with van der Waals surface area (Å²) in [4.78, 5) is 0. The molecule has 2 unspecified atom stereocenters. The molecular weight excluding hydrogens is 164 g/mol. The third-order valence-corrected chi connectivity index (χ3v) is 2.13. The minimum atomic E-state index is -1.24. The van der Waals surface area contributed by atoms with Gasteiger partial charge in [-0.2, -0.15) is 0 Å². The monoisotopic (exact) mass is 178 g/mol. The van der Waals surface area contributed by atoms with Gasteiger partial charge in [-0.1, -0.05) is 0 Å². The van der Waals surface area contributed by atoms with Gasteiger partial charge in [0, 0.05) is 0 Å². The normalized spacial score (nSPS) is 49.2. The van der Waals surface area contributed by atoms with Crippen LogP contribution < -0.4 is 0 Å². The Morgan fingerprint density at radius 1 is 1.08 bits per heavy atom. The van der Waals surface area contributed by atoms with E-state index >= 15 is 0 Å². The van der Waals surface area contributed by atoms with Crippen molar-refractivity contribution in [3.63, 3.8) is 0 Å². The molecule has 0 spiro atoms. The van der Waals surface area contributed by atoms with E-state index < -0.39 is 30.5 Å². The third kappa shape index (κ3) is 1.60. The standard InChI is InChI=1S/C7H14O5/c1-3-5(9)7(11)6(10)4(2-8)12-3/h3-11H,2H2,1H3/t3-,4?,5-,6-,7?/m1/s1. The summed E-state index contributed by atoms with van der Waals surface area (Å²) in [6.07, 6.45) is -4.94. The van der Waals surface area contributed by atoms with Crippen LogP contribution in [0.1, 0.15) is 6.92 Å². The topological polar surface area (TPSA) is 90.2 Å². The Bertz CT molecular complexity index is 146. The van der Waals surface area contributed by atoms with Crippen molar-refractivity contribution in [1.29, 1.82) is 0 Å². The summed E-state index contributed by atoms with van der Waals surface area (Å²) in [6, 6.07) is 0. The van der Waals surface area contributed by atoms with Crippen molar-refractivity contribution in [3.8, 4) is 0 Å². The largest absolute Gasteiger partial charge is 0.394 e. The summed E-state index contributed by atoms with van der Waals surface area (Å²) < 4.78 is 5.02. The zero-order valence-corrected chi connectivity index (χ0v) is 6.79. The zero-order chi connectivity index (χ0) is 9.30. The van der Waals surface area contributed by atoms with E-state index in [1.54, 1.807) is 6.92 Å². The average molecular weight is 178 g/mol. The molecule has 4 N–H and O–H groups in total. The quantitative estimate of drug-likeness (QED) is 0.367. The molecule has 0 aromatic rings. The van der Waals surface area contributed by atoms with Gasteiger partial charge < -0.3 is 25.2 Å². The molecule has 1 rings (SSSR count). The third-order valence-electron chi connectivity index (χ3n) is 2.13. The SMILES string of the molecule is C[C@H]1OC(CO)[C@@H](O)C(O)[C@@H]1O. The van der Waals surface area contributed by atoms with E-state index in [0.717, 1.165) is 0 Å². The van der Waals surface area contributed by atoms with E-state index in [1.165, 1.54) is 0 Å². The number of ether oxygens (including phenoxy) is 1. The lowest BCUT2D eigenvalue weighted by Crippen LogP contribution is -2.57. The smallest absolute Gasteiger partial charge is 0.111 e. The number of aliphatic hydroxyl groups excluding tert-OH is 4. The van der Waals surface area contributed by atoms with Crippen LogP contribution in [0.5, 0.6) is 0 Å². The maximum Gasteiger partial charge on any atom is 0.111 e. The van der Waals surface area contributed by atoms with Gasteiger partial charge in [0.15, 0.2) is 0 Å². The van der Waals surface area contributed by atoms with Crippen molar-refractivity contribution < 1.29 is 25.2 Å². The van der Waals surface area contributed by atoms with Crippen molar-refractivity contribution in [1.82, 2.24) is 0 Å². The molecule has 1 heterocycles. The predicted molar refractivity (Wildman–Crippen MR) is 39.4 cm³/mol. The van der Waals surface area contributed by atoms with Crippen LogP contribution in [0.3, 0.4) is 0 Å². The maximum atomic E-state index is 9.23. The molecule has 72 valence electrons. The summed E-state index contributed by atoms with van der Waals surface area (Å²) in [5, 5.41) is 36.4. The van der Waals surface area contributed by atoms with Crippen LogP contribution in [0.15, 0.2) is 0 Å². The lowest BCUT2D eigenvalue weighted by molar-refractivity contribution is -0.224. The summed E-state index contributed by atoms with van der Waals surface area (Å²) in [6.45, 7) is 1.21. The predicted octanol–water partition coefficient (Wildman–Crippen LogP) is -2.15. The molecule has 1 saturated heterocycles. The van der Waals surface area contributed by atoms with Crippen molar-refractivity contribution in [3.05, 3.63) is 0 Å². The van der Waals surface area contributed by atoms with Crippen molar-refractivity contribution in [2.75, 3.05) is 6.61 Å². The first-order chi connectivity index (χ1) is 5.57. The molecule has 5 heteroatoms. The highest BCUT2D eigenvalue weighted by Crippen LogP contribution is 2.20. The number of rotatable bonds is 1. The summed E-state index contributed by atoms with van der Waals surface area (Å²) in [7, 11) is 0. The molecule has 0 aromatic heterocycles. The molecule has 0 amide bonds. The average Bonchev–Trinajstić information content (AvgIpc) is 2.08. The van der Waals surface area contributed by atoms with Gasteiger partial charge in [-0.3, -0.25) is 0 Å². The first-order valence-corrected chi connectivity index (χ1v) is 3.88. The Hall–Kier alpha value is -0.200. The van der Waals surface area contributed by atoms with Gasteiger partial charge in [-0.15, -0.1) is 0 Å². The van der Waals surface area contributed by atoms with E-state index in [4.69, 9.17) is 9.84 Å². The van der Waals surface area contributed by atoms with Gasteiger partial charge in [-0.05, 0) is 6.92 Å². The first-order valence-electron chi connectivity index (χ1n) is 3.88. The number of hydrogen-bond donors (Lipinski definition) is 4. The number of aliphatic hydroxyl groups is 4. The highest BCUT2D eigenvalue weighted by Gasteiger charge is 2.41. The van der Waals surface area contributed by atoms with Crippen LogP contribution in [-0.2, 0) is 4.74 Å². The Morgan fingerprint density at radius 3 is 2.17 bits per heavy atom. The molecule has 1 aliphatic rings. The van der Waals surface area contributed by atoms with Gasteiger partial charge in [0.1, 0.15) is 24.4 Å². The lowest BCUT2D eigenvalue weighted by Gasteiger charge is -2.38. The molecule has 1 fully saturated rings. The zero-order valence-electron chi connectivity index (χ0n) is 6.79. The Labute approximate surface area is 70.2 Å². The Morgan fingerprint density at radius 2 is 1.67 bits per heavy atom. The molecule has 0 saturated carbocycles. The van der Waals surface area contributed by atoms with E-state index in [0.29, 0.717) is 0 Å². The lowest BCUT2D eigenvalue weighted by atomic mass is 9.96. The van der Waals surface area contributed by atoms with Gasteiger partial charge in [-0.25, -0.2) is 0 Å². The maximum absolute atomic E-state index is 9.23. The molecule has 0 aromatic carbocycles. The second-order valence-corrected chi connectivity index (χ2v) is 3.03. The number of hydrogen-bond acceptors (Lipinski definition) is 5. The van der Waals surface area contributed by atoms with E-state index in [-0.39, 0.29) is 6.61 Å². The van der Waals surface area contributed by atoms with E-state index in [1.807, 2.05) is 0 Å². The summed E-state index contributed by atoms with van der Waals surface area (Å²) in [5.74, 6) is 0. The molecule has 5 nitrogen and oxygen atoms in total. The fraction of sp³-hybridized carbons (Fsp3) is 1.00. The fourth-order valence-corrected chi connectivity index (χ4v) is 1.29. The molecule has 1 aliphatic heterocycles. The van der Waals surface area contributed by atoms with Crippen LogP contribution in [-0.4, -0.2) is 57.6 Å². The molecule has 0 bridgehead atoms. The van der Waals surface area contributed by atoms with Crippen LogP contribution in [0.2, 0.25) is 0 Å². The molecule has 12 heavy (non-hydrogen) atoms. The van der Waals surface area contributed by atoms with Crippen LogP contribution in [0.4, 0.5) is 0 Å². The van der Waals surface area contributed by atoms with Crippen LogP contribution >= 0.6 is 0 Å². The minimum absolute atomic E-state index is 0.366. The van der Waals surface area contributed by atoms with Crippen molar-refractivity contribution in [2.45, 2.75) is 37.4 Å². The van der Waals surface area contributed by atoms with Gasteiger partial charge in [0.05, 0.1) is 12.7 Å². The van der Waals surface area contributed by atoms with E-state index in [2.05, 4.69) is 0 Å². The second-order valence-electron chi connectivity index (χ2n) is 3.03. The van der Waals surface area contributed by atoms with Gasteiger partial charge in [0.25, 0.3) is 0 Å².